The first kappa shape index (κ1) is 13.4. The van der Waals surface area contributed by atoms with Gasteiger partial charge in [-0.05, 0) is 43.4 Å². The van der Waals surface area contributed by atoms with E-state index in [1.54, 1.807) is 0 Å². The summed E-state index contributed by atoms with van der Waals surface area (Å²) in [5.74, 6) is 0. The lowest BCUT2D eigenvalue weighted by Gasteiger charge is -2.13. The molecule has 0 aromatic heterocycles. The van der Waals surface area contributed by atoms with Crippen LogP contribution >= 0.6 is 0 Å². The fourth-order valence-corrected chi connectivity index (χ4v) is 2.73. The van der Waals surface area contributed by atoms with Gasteiger partial charge in [0.1, 0.15) is 0 Å². The van der Waals surface area contributed by atoms with Crippen LogP contribution in [0.2, 0.25) is 0 Å². The van der Waals surface area contributed by atoms with Crippen LogP contribution in [0.4, 0.5) is 10.5 Å². The van der Waals surface area contributed by atoms with E-state index in [-0.39, 0.29) is 6.03 Å². The SMILES string of the molecule is O=C(Nc1cccc(CNC2CC2)c1)NC1CCCC1. The maximum absolute atomic E-state index is 11.9. The zero-order valence-corrected chi connectivity index (χ0v) is 11.8. The molecule has 2 aliphatic carbocycles. The summed E-state index contributed by atoms with van der Waals surface area (Å²) in [4.78, 5) is 11.9. The van der Waals surface area contributed by atoms with Gasteiger partial charge in [-0.3, -0.25) is 0 Å². The number of carbonyl (C=O) groups is 1. The molecule has 1 aromatic rings. The number of nitrogens with one attached hydrogen (secondary N) is 3. The van der Waals surface area contributed by atoms with Crippen molar-refractivity contribution in [2.24, 2.45) is 0 Å². The van der Waals surface area contributed by atoms with E-state index in [9.17, 15) is 4.79 Å². The maximum Gasteiger partial charge on any atom is 0.319 e. The number of amides is 2. The predicted molar refractivity (Wildman–Crippen MR) is 80.7 cm³/mol. The van der Waals surface area contributed by atoms with Gasteiger partial charge in [-0.25, -0.2) is 4.79 Å². The van der Waals surface area contributed by atoms with Crippen LogP contribution in [0.1, 0.15) is 44.1 Å². The van der Waals surface area contributed by atoms with Crippen molar-refractivity contribution in [3.05, 3.63) is 29.8 Å². The summed E-state index contributed by atoms with van der Waals surface area (Å²) in [7, 11) is 0. The third-order valence-electron chi connectivity index (χ3n) is 4.05. The van der Waals surface area contributed by atoms with E-state index in [1.165, 1.54) is 31.2 Å². The number of benzene rings is 1. The zero-order valence-electron chi connectivity index (χ0n) is 11.8. The van der Waals surface area contributed by atoms with E-state index in [2.05, 4.69) is 22.0 Å². The Labute approximate surface area is 120 Å². The molecule has 0 spiro atoms. The Hall–Kier alpha value is -1.55. The molecule has 1 aromatic carbocycles. The molecular weight excluding hydrogens is 250 g/mol. The minimum Gasteiger partial charge on any atom is -0.335 e. The highest BCUT2D eigenvalue weighted by molar-refractivity contribution is 5.89. The van der Waals surface area contributed by atoms with Crippen molar-refractivity contribution in [1.29, 1.82) is 0 Å². The largest absolute Gasteiger partial charge is 0.335 e. The minimum atomic E-state index is -0.0794. The van der Waals surface area contributed by atoms with Gasteiger partial charge in [-0.15, -0.1) is 0 Å². The molecule has 0 unspecified atom stereocenters. The summed E-state index contributed by atoms with van der Waals surface area (Å²) in [5, 5.41) is 9.46. The Morgan fingerprint density at radius 2 is 1.90 bits per heavy atom. The lowest BCUT2D eigenvalue weighted by atomic mass is 10.2. The molecule has 4 heteroatoms. The highest BCUT2D eigenvalue weighted by atomic mass is 16.2. The molecule has 0 saturated heterocycles. The molecule has 108 valence electrons. The van der Waals surface area contributed by atoms with E-state index in [1.807, 2.05) is 18.2 Å². The summed E-state index contributed by atoms with van der Waals surface area (Å²) in [6, 6.07) is 9.06. The number of rotatable bonds is 5. The second kappa shape index (κ2) is 6.27. The molecule has 2 saturated carbocycles. The van der Waals surface area contributed by atoms with Gasteiger partial charge >= 0.3 is 6.03 Å². The summed E-state index contributed by atoms with van der Waals surface area (Å²) >= 11 is 0. The van der Waals surface area contributed by atoms with E-state index in [0.717, 1.165) is 25.1 Å². The standard InChI is InChI=1S/C16H23N3O/c20-16(18-14-5-1-2-6-14)19-15-7-3-4-12(10-15)11-17-13-8-9-13/h3-4,7,10,13-14,17H,1-2,5-6,8-9,11H2,(H2,18,19,20). The number of urea groups is 1. The first-order valence-corrected chi connectivity index (χ1v) is 7.69. The first-order chi connectivity index (χ1) is 9.79. The van der Waals surface area contributed by atoms with Crippen molar-refractivity contribution < 1.29 is 4.79 Å². The monoisotopic (exact) mass is 273 g/mol. The molecule has 0 bridgehead atoms. The Bertz CT molecular complexity index is 465. The number of hydrogen-bond acceptors (Lipinski definition) is 2. The molecule has 3 rings (SSSR count). The van der Waals surface area contributed by atoms with Gasteiger partial charge in [0.05, 0.1) is 0 Å². The number of carbonyl (C=O) groups excluding carboxylic acids is 1. The lowest BCUT2D eigenvalue weighted by molar-refractivity contribution is 0.248. The van der Waals surface area contributed by atoms with E-state index < -0.39 is 0 Å². The molecule has 2 amide bonds. The molecular formula is C16H23N3O. The minimum absolute atomic E-state index is 0.0794. The van der Waals surface area contributed by atoms with Crippen molar-refractivity contribution in [2.45, 2.75) is 57.2 Å². The van der Waals surface area contributed by atoms with Crippen LogP contribution in [0.3, 0.4) is 0 Å². The van der Waals surface area contributed by atoms with Gasteiger partial charge in [0.15, 0.2) is 0 Å². The van der Waals surface area contributed by atoms with Crippen molar-refractivity contribution in [2.75, 3.05) is 5.32 Å². The third-order valence-corrected chi connectivity index (χ3v) is 4.05. The fraction of sp³-hybridized carbons (Fsp3) is 0.562. The van der Waals surface area contributed by atoms with Crippen LogP contribution in [-0.4, -0.2) is 18.1 Å². The molecule has 0 radical (unpaired) electrons. The van der Waals surface area contributed by atoms with E-state index in [0.29, 0.717) is 12.1 Å². The quantitative estimate of drug-likeness (QED) is 0.772. The highest BCUT2D eigenvalue weighted by Crippen LogP contribution is 2.20. The third kappa shape index (κ3) is 3.97. The Morgan fingerprint density at radius 3 is 2.65 bits per heavy atom. The van der Waals surface area contributed by atoms with Gasteiger partial charge in [0.25, 0.3) is 0 Å². The second-order valence-corrected chi connectivity index (χ2v) is 5.94. The molecule has 0 heterocycles. The Kier molecular flexibility index (Phi) is 4.21. The average molecular weight is 273 g/mol. The van der Waals surface area contributed by atoms with Crippen LogP contribution in [0.25, 0.3) is 0 Å². The fourth-order valence-electron chi connectivity index (χ4n) is 2.73. The van der Waals surface area contributed by atoms with Gasteiger partial charge in [0, 0.05) is 24.3 Å². The summed E-state index contributed by atoms with van der Waals surface area (Å²) in [6.45, 7) is 0.879. The van der Waals surface area contributed by atoms with Gasteiger partial charge in [0.2, 0.25) is 0 Å². The highest BCUT2D eigenvalue weighted by Gasteiger charge is 2.20. The van der Waals surface area contributed by atoms with Gasteiger partial charge in [-0.1, -0.05) is 25.0 Å². The molecule has 2 fully saturated rings. The van der Waals surface area contributed by atoms with Crippen LogP contribution in [-0.2, 0) is 6.54 Å². The molecule has 20 heavy (non-hydrogen) atoms. The Balaban J connectivity index is 1.50. The Morgan fingerprint density at radius 1 is 1.10 bits per heavy atom. The lowest BCUT2D eigenvalue weighted by Crippen LogP contribution is -2.36. The average Bonchev–Trinajstić information content (AvgIpc) is 3.14. The van der Waals surface area contributed by atoms with Crippen molar-refractivity contribution >= 4 is 11.7 Å². The number of hydrogen-bond donors (Lipinski definition) is 3. The smallest absolute Gasteiger partial charge is 0.319 e. The molecule has 2 aliphatic rings. The maximum atomic E-state index is 11.9. The summed E-state index contributed by atoms with van der Waals surface area (Å²) in [6.07, 6.45) is 7.27. The van der Waals surface area contributed by atoms with Gasteiger partial charge < -0.3 is 16.0 Å². The summed E-state index contributed by atoms with van der Waals surface area (Å²) in [5.41, 5.74) is 2.09. The number of anilines is 1. The predicted octanol–water partition coefficient (Wildman–Crippen LogP) is 3.00. The normalized spacial score (nSPS) is 19.0. The van der Waals surface area contributed by atoms with Crippen molar-refractivity contribution in [3.8, 4) is 0 Å². The van der Waals surface area contributed by atoms with Crippen LogP contribution < -0.4 is 16.0 Å². The zero-order chi connectivity index (χ0) is 13.8. The van der Waals surface area contributed by atoms with E-state index in [4.69, 9.17) is 0 Å². The topological polar surface area (TPSA) is 53.2 Å². The van der Waals surface area contributed by atoms with Crippen LogP contribution in [0.15, 0.2) is 24.3 Å². The van der Waals surface area contributed by atoms with Gasteiger partial charge in [-0.2, -0.15) is 0 Å². The first-order valence-electron chi connectivity index (χ1n) is 7.69. The molecule has 0 aliphatic heterocycles. The van der Waals surface area contributed by atoms with Crippen molar-refractivity contribution in [1.82, 2.24) is 10.6 Å². The van der Waals surface area contributed by atoms with Crippen molar-refractivity contribution in [3.63, 3.8) is 0 Å². The van der Waals surface area contributed by atoms with Crippen LogP contribution in [0, 0.1) is 0 Å². The van der Waals surface area contributed by atoms with Crippen LogP contribution in [0.5, 0.6) is 0 Å². The molecule has 3 N–H and O–H groups in total. The summed E-state index contributed by atoms with van der Waals surface area (Å²) < 4.78 is 0. The van der Waals surface area contributed by atoms with E-state index >= 15 is 0 Å². The molecule has 4 nitrogen and oxygen atoms in total. The second-order valence-electron chi connectivity index (χ2n) is 5.94. The molecule has 0 atom stereocenters.